The van der Waals surface area contributed by atoms with Crippen molar-refractivity contribution in [2.24, 2.45) is 0 Å². The summed E-state index contributed by atoms with van der Waals surface area (Å²) in [5.41, 5.74) is 6.11. The van der Waals surface area contributed by atoms with Crippen LogP contribution in [0.5, 0.6) is 5.75 Å². The Morgan fingerprint density at radius 1 is 0.609 bits per heavy atom. The first-order valence-corrected chi connectivity index (χ1v) is 16.7. The number of aromatic nitrogens is 1. The van der Waals surface area contributed by atoms with Crippen LogP contribution < -0.4 is 4.74 Å². The van der Waals surface area contributed by atoms with Gasteiger partial charge in [0.2, 0.25) is 0 Å². The predicted octanol–water partition coefficient (Wildman–Crippen LogP) is 8.54. The van der Waals surface area contributed by atoms with Gasteiger partial charge >= 0.3 is 0 Å². The van der Waals surface area contributed by atoms with Crippen LogP contribution in [0.4, 0.5) is 0 Å². The van der Waals surface area contributed by atoms with E-state index in [0.29, 0.717) is 5.75 Å². The Labute approximate surface area is 270 Å². The molecule has 0 saturated carbocycles. The van der Waals surface area contributed by atoms with Crippen molar-refractivity contribution in [3.8, 4) is 16.9 Å². The lowest BCUT2D eigenvalue weighted by atomic mass is 9.72. The van der Waals surface area contributed by atoms with E-state index < -0.39 is 21.2 Å². The Balaban J connectivity index is 1.61. The highest BCUT2D eigenvalue weighted by Crippen LogP contribution is 2.71. The van der Waals surface area contributed by atoms with Gasteiger partial charge in [-0.15, -0.1) is 0 Å². The molecule has 0 radical (unpaired) electrons. The average molecular weight is 626 g/mol. The van der Waals surface area contributed by atoms with E-state index in [1.54, 1.807) is 31.6 Å². The van der Waals surface area contributed by atoms with Gasteiger partial charge in [-0.3, -0.25) is 0 Å². The molecular weight excluding hydrogens is 591 g/mol. The summed E-state index contributed by atoms with van der Waals surface area (Å²) < 4.78 is 43.3. The second kappa shape index (κ2) is 11.2. The molecule has 5 nitrogen and oxygen atoms in total. The van der Waals surface area contributed by atoms with E-state index in [4.69, 9.17) is 9.47 Å². The zero-order valence-electron chi connectivity index (χ0n) is 26.3. The third-order valence-electron chi connectivity index (χ3n) is 9.14. The van der Waals surface area contributed by atoms with Crippen LogP contribution in [-0.2, 0) is 26.0 Å². The van der Waals surface area contributed by atoms with Gasteiger partial charge in [0.25, 0.3) is 10.0 Å². The first-order chi connectivity index (χ1) is 22.2. The molecule has 1 aliphatic rings. The fourth-order valence-corrected chi connectivity index (χ4v) is 8.14. The Hall–Kier alpha value is -4.91. The van der Waals surface area contributed by atoms with Gasteiger partial charge in [0.05, 0.1) is 12.0 Å². The van der Waals surface area contributed by atoms with Crippen molar-refractivity contribution in [3.05, 3.63) is 179 Å². The molecule has 1 aliphatic heterocycles. The number of aryl methyl sites for hydroxylation is 3. The van der Waals surface area contributed by atoms with Crippen molar-refractivity contribution in [2.75, 3.05) is 7.11 Å². The standard InChI is InChI=1S/C40H35NO4S/c1-28-22-24-33(25-23-28)46(42,43)41-26-34(38-29(2)14-13-15-30(38)3)36(27-41)40(35-20-11-12-21-37(35)44-4)39(45-40,31-16-7-5-8-17-31)32-18-9-6-10-19-32/h5-27H,1-4H3. The van der Waals surface area contributed by atoms with Crippen LogP contribution in [0.15, 0.2) is 145 Å². The lowest BCUT2D eigenvalue weighted by Gasteiger charge is -2.25. The number of hydrogen-bond acceptors (Lipinski definition) is 4. The van der Waals surface area contributed by atoms with Crippen LogP contribution in [-0.4, -0.2) is 19.5 Å². The second-order valence-electron chi connectivity index (χ2n) is 11.9. The van der Waals surface area contributed by atoms with Crippen LogP contribution in [0.2, 0.25) is 0 Å². The molecule has 1 saturated heterocycles. The zero-order valence-corrected chi connectivity index (χ0v) is 27.1. The van der Waals surface area contributed by atoms with Crippen molar-refractivity contribution in [2.45, 2.75) is 36.9 Å². The monoisotopic (exact) mass is 625 g/mol. The molecule has 0 bridgehead atoms. The van der Waals surface area contributed by atoms with Crippen LogP contribution in [0.3, 0.4) is 0 Å². The van der Waals surface area contributed by atoms with Gasteiger partial charge < -0.3 is 9.47 Å². The Morgan fingerprint density at radius 2 is 1.17 bits per heavy atom. The summed E-state index contributed by atoms with van der Waals surface area (Å²) in [6.07, 6.45) is 3.50. The number of epoxide rings is 1. The molecule has 0 spiro atoms. The normalized spacial score (nSPS) is 17.0. The fraction of sp³-hybridized carbons (Fsp3) is 0.150. The average Bonchev–Trinajstić information content (AvgIpc) is 3.60. The molecule has 46 heavy (non-hydrogen) atoms. The molecule has 1 aromatic heterocycles. The number of hydrogen-bond donors (Lipinski definition) is 0. The van der Waals surface area contributed by atoms with E-state index in [9.17, 15) is 8.42 Å². The highest BCUT2D eigenvalue weighted by molar-refractivity contribution is 7.90. The zero-order chi connectivity index (χ0) is 32.1. The molecule has 1 atom stereocenters. The maximum absolute atomic E-state index is 14.3. The van der Waals surface area contributed by atoms with Crippen molar-refractivity contribution < 1.29 is 17.9 Å². The highest BCUT2D eigenvalue weighted by atomic mass is 32.2. The summed E-state index contributed by atoms with van der Waals surface area (Å²) in [4.78, 5) is 0.216. The van der Waals surface area contributed by atoms with Gasteiger partial charge in [-0.1, -0.05) is 115 Å². The molecule has 1 unspecified atom stereocenters. The van der Waals surface area contributed by atoms with Gasteiger partial charge in [-0.05, 0) is 66.8 Å². The van der Waals surface area contributed by atoms with Crippen LogP contribution in [0.25, 0.3) is 11.1 Å². The molecule has 1 fully saturated rings. The van der Waals surface area contributed by atoms with Crippen molar-refractivity contribution in [1.29, 1.82) is 0 Å². The quantitative estimate of drug-likeness (QED) is 0.159. The summed E-state index contributed by atoms with van der Waals surface area (Å²) in [6.45, 7) is 6.06. The Bertz CT molecular complexity index is 2090. The van der Waals surface area contributed by atoms with Crippen molar-refractivity contribution >= 4 is 10.0 Å². The number of para-hydroxylation sites is 1. The molecule has 6 heteroatoms. The first-order valence-electron chi connectivity index (χ1n) is 15.3. The summed E-state index contributed by atoms with van der Waals surface area (Å²) in [5, 5.41) is 0. The number of ether oxygens (including phenoxy) is 2. The van der Waals surface area contributed by atoms with Gasteiger partial charge in [0, 0.05) is 29.1 Å². The topological polar surface area (TPSA) is 60.8 Å². The highest BCUT2D eigenvalue weighted by Gasteiger charge is 2.75. The van der Waals surface area contributed by atoms with Gasteiger partial charge in [0.15, 0.2) is 11.2 Å². The number of rotatable bonds is 8. The minimum Gasteiger partial charge on any atom is -0.496 e. The Morgan fingerprint density at radius 3 is 1.76 bits per heavy atom. The summed E-state index contributed by atoms with van der Waals surface area (Å²) >= 11 is 0. The van der Waals surface area contributed by atoms with Crippen LogP contribution >= 0.6 is 0 Å². The molecule has 7 rings (SSSR count). The predicted molar refractivity (Wildman–Crippen MR) is 182 cm³/mol. The number of benzene rings is 5. The number of nitrogens with zero attached hydrogens (tertiary/aromatic N) is 1. The molecule has 6 aromatic rings. The summed E-state index contributed by atoms with van der Waals surface area (Å²) in [5.74, 6) is 0.651. The Kier molecular flexibility index (Phi) is 7.23. The van der Waals surface area contributed by atoms with Gasteiger partial charge in [-0.2, -0.15) is 0 Å². The minimum atomic E-state index is -3.96. The largest absolute Gasteiger partial charge is 0.496 e. The molecular formula is C40H35NO4S. The summed E-state index contributed by atoms with van der Waals surface area (Å²) in [6, 6.07) is 41.2. The maximum Gasteiger partial charge on any atom is 0.267 e. The molecule has 2 heterocycles. The van der Waals surface area contributed by atoms with E-state index in [2.05, 4.69) is 50.2 Å². The van der Waals surface area contributed by atoms with Crippen molar-refractivity contribution in [1.82, 2.24) is 3.97 Å². The van der Waals surface area contributed by atoms with Crippen LogP contribution in [0.1, 0.15) is 38.9 Å². The minimum absolute atomic E-state index is 0.216. The van der Waals surface area contributed by atoms with E-state index in [0.717, 1.165) is 50.1 Å². The van der Waals surface area contributed by atoms with E-state index >= 15 is 0 Å². The van der Waals surface area contributed by atoms with Crippen LogP contribution in [0, 0.1) is 20.8 Å². The van der Waals surface area contributed by atoms with E-state index in [1.165, 1.54) is 3.97 Å². The lowest BCUT2D eigenvalue weighted by molar-refractivity contribution is 0.295. The summed E-state index contributed by atoms with van der Waals surface area (Å²) in [7, 11) is -2.30. The number of methoxy groups -OCH3 is 1. The third-order valence-corrected chi connectivity index (χ3v) is 10.8. The SMILES string of the molecule is COc1ccccc1C1(c2cn(S(=O)(=O)c3ccc(C)cc3)cc2-c2c(C)cccc2C)OC1(c1ccccc1)c1ccccc1. The molecule has 0 N–H and O–H groups in total. The first kappa shape index (κ1) is 29.8. The lowest BCUT2D eigenvalue weighted by Crippen LogP contribution is -2.26. The fourth-order valence-electron chi connectivity index (χ4n) is 6.93. The maximum atomic E-state index is 14.3. The van der Waals surface area contributed by atoms with Gasteiger partial charge in [-0.25, -0.2) is 12.4 Å². The van der Waals surface area contributed by atoms with E-state index in [-0.39, 0.29) is 4.90 Å². The van der Waals surface area contributed by atoms with Crippen molar-refractivity contribution in [3.63, 3.8) is 0 Å². The molecule has 230 valence electrons. The molecule has 5 aromatic carbocycles. The molecule has 0 aliphatic carbocycles. The van der Waals surface area contributed by atoms with Gasteiger partial charge in [0.1, 0.15) is 5.75 Å². The molecule has 0 amide bonds. The smallest absolute Gasteiger partial charge is 0.267 e. The van der Waals surface area contributed by atoms with E-state index in [1.807, 2.05) is 85.8 Å². The third kappa shape index (κ3) is 4.43. The second-order valence-corrected chi connectivity index (χ2v) is 13.7.